The van der Waals surface area contributed by atoms with Gasteiger partial charge in [0.15, 0.2) is 0 Å². The number of aromatic nitrogens is 1. The molecule has 4 rings (SSSR count). The maximum Gasteiger partial charge on any atom is 0.289 e. The van der Waals surface area contributed by atoms with E-state index in [1.807, 2.05) is 0 Å². The van der Waals surface area contributed by atoms with Gasteiger partial charge in [-0.3, -0.25) is 9.69 Å². The van der Waals surface area contributed by atoms with Crippen molar-refractivity contribution >= 4 is 5.91 Å². The second-order valence-electron chi connectivity index (χ2n) is 7.90. The number of benzene rings is 1. The van der Waals surface area contributed by atoms with Crippen molar-refractivity contribution < 1.29 is 14.1 Å². The third-order valence-electron chi connectivity index (χ3n) is 5.92. The van der Waals surface area contributed by atoms with Crippen molar-refractivity contribution in [1.82, 2.24) is 15.4 Å². The van der Waals surface area contributed by atoms with Gasteiger partial charge in [-0.1, -0.05) is 28.9 Å². The predicted octanol–water partition coefficient (Wildman–Crippen LogP) is 2.70. The highest BCUT2D eigenvalue weighted by molar-refractivity contribution is 5.91. The molecule has 3 heterocycles. The van der Waals surface area contributed by atoms with Crippen molar-refractivity contribution in [1.29, 1.82) is 0 Å². The van der Waals surface area contributed by atoms with E-state index in [0.29, 0.717) is 12.5 Å². The highest BCUT2D eigenvalue weighted by Crippen LogP contribution is 2.42. The minimum Gasteiger partial charge on any atom is -0.372 e. The van der Waals surface area contributed by atoms with Gasteiger partial charge in [-0.05, 0) is 43.7 Å². The van der Waals surface area contributed by atoms with Gasteiger partial charge in [-0.2, -0.15) is 0 Å². The van der Waals surface area contributed by atoms with Crippen LogP contribution in [0.15, 0.2) is 35.0 Å². The lowest BCUT2D eigenvalue weighted by atomic mass is 9.78. The summed E-state index contributed by atoms with van der Waals surface area (Å²) in [5.41, 5.74) is 4.02. The number of hydrogen-bond acceptors (Lipinski definition) is 5. The summed E-state index contributed by atoms with van der Waals surface area (Å²) in [5, 5.41) is 6.49. The third kappa shape index (κ3) is 3.77. The number of carbonyl (C=O) groups is 1. The molecule has 2 saturated heterocycles. The molecule has 1 aromatic heterocycles. The molecule has 6 nitrogen and oxygen atoms in total. The highest BCUT2D eigenvalue weighted by atomic mass is 16.5. The molecule has 0 bridgehead atoms. The Morgan fingerprint density at radius 3 is 2.96 bits per heavy atom. The zero-order valence-corrected chi connectivity index (χ0v) is 16.0. The molecule has 1 spiro atoms. The number of nitrogens with one attached hydrogen (secondary N) is 1. The smallest absolute Gasteiger partial charge is 0.289 e. The highest BCUT2D eigenvalue weighted by Gasteiger charge is 2.52. The molecule has 1 N–H and O–H groups in total. The summed E-state index contributed by atoms with van der Waals surface area (Å²) in [5.74, 6) is 0.545. The van der Waals surface area contributed by atoms with Crippen molar-refractivity contribution in [2.75, 3.05) is 26.2 Å². The van der Waals surface area contributed by atoms with E-state index >= 15 is 0 Å². The fourth-order valence-corrected chi connectivity index (χ4v) is 4.36. The Balaban J connectivity index is 1.28. The normalized spacial score (nSPS) is 21.3. The van der Waals surface area contributed by atoms with Gasteiger partial charge in [0.1, 0.15) is 0 Å². The van der Waals surface area contributed by atoms with E-state index in [9.17, 15) is 4.79 Å². The SMILES string of the molecule is Cc1ccc(C)c(CN2CC3(C2)OCC[C@H]3CCNC(=O)c2ccno2)c1. The molecule has 0 saturated carbocycles. The van der Waals surface area contributed by atoms with Crippen LogP contribution in [0.25, 0.3) is 0 Å². The van der Waals surface area contributed by atoms with Crippen LogP contribution in [0.3, 0.4) is 0 Å². The summed E-state index contributed by atoms with van der Waals surface area (Å²) in [4.78, 5) is 14.4. The summed E-state index contributed by atoms with van der Waals surface area (Å²) >= 11 is 0. The average Bonchev–Trinajstić information content (AvgIpc) is 3.28. The van der Waals surface area contributed by atoms with E-state index in [4.69, 9.17) is 9.26 Å². The van der Waals surface area contributed by atoms with E-state index in [2.05, 4.69) is 47.4 Å². The second kappa shape index (κ2) is 7.44. The fourth-order valence-electron chi connectivity index (χ4n) is 4.36. The summed E-state index contributed by atoms with van der Waals surface area (Å²) in [6, 6.07) is 8.23. The van der Waals surface area contributed by atoms with Gasteiger partial charge < -0.3 is 14.6 Å². The number of likely N-dealkylation sites (tertiary alicyclic amines) is 1. The Morgan fingerprint density at radius 1 is 1.33 bits per heavy atom. The maximum absolute atomic E-state index is 12.0. The summed E-state index contributed by atoms with van der Waals surface area (Å²) in [6.07, 6.45) is 3.47. The van der Waals surface area contributed by atoms with E-state index in [1.165, 1.54) is 22.9 Å². The standard InChI is InChI=1S/C21H27N3O3/c1-15-3-4-16(2)17(11-15)12-24-13-21(14-24)18(7-10-26-21)5-8-22-20(25)19-6-9-23-27-19/h3-4,6,9,11,18H,5,7-8,10,12-14H2,1-2H3,(H,22,25)/t18-/m1/s1. The number of hydrogen-bond donors (Lipinski definition) is 1. The van der Waals surface area contributed by atoms with Crippen LogP contribution >= 0.6 is 0 Å². The van der Waals surface area contributed by atoms with Crippen molar-refractivity contribution in [3.8, 4) is 0 Å². The Labute approximate surface area is 159 Å². The van der Waals surface area contributed by atoms with Crippen LogP contribution in [0.1, 0.15) is 40.1 Å². The van der Waals surface area contributed by atoms with E-state index in [-0.39, 0.29) is 17.3 Å². The first-order chi connectivity index (χ1) is 13.1. The fraction of sp³-hybridized carbons (Fsp3) is 0.524. The van der Waals surface area contributed by atoms with Crippen LogP contribution in [0.5, 0.6) is 0 Å². The van der Waals surface area contributed by atoms with E-state index < -0.39 is 0 Å². The molecule has 2 fully saturated rings. The Hall–Kier alpha value is -2.18. The minimum absolute atomic E-state index is 0.0330. The number of amides is 1. The monoisotopic (exact) mass is 369 g/mol. The Morgan fingerprint density at radius 2 is 2.19 bits per heavy atom. The summed E-state index contributed by atoms with van der Waals surface area (Å²) < 4.78 is 11.0. The van der Waals surface area contributed by atoms with Crippen molar-refractivity contribution in [2.45, 2.75) is 38.8 Å². The average molecular weight is 369 g/mol. The number of carbonyl (C=O) groups excluding carboxylic acids is 1. The lowest BCUT2D eigenvalue weighted by molar-refractivity contribution is -0.136. The van der Waals surface area contributed by atoms with Crippen molar-refractivity contribution in [3.63, 3.8) is 0 Å². The first-order valence-electron chi connectivity index (χ1n) is 9.67. The van der Waals surface area contributed by atoms with Crippen molar-refractivity contribution in [3.05, 3.63) is 52.9 Å². The van der Waals surface area contributed by atoms with Gasteiger partial charge in [0.2, 0.25) is 5.76 Å². The van der Waals surface area contributed by atoms with Gasteiger partial charge in [-0.25, -0.2) is 0 Å². The summed E-state index contributed by atoms with van der Waals surface area (Å²) in [7, 11) is 0. The summed E-state index contributed by atoms with van der Waals surface area (Å²) in [6.45, 7) is 8.69. The molecular formula is C21H27N3O3. The topological polar surface area (TPSA) is 67.6 Å². The lowest BCUT2D eigenvalue weighted by Gasteiger charge is -2.50. The molecule has 0 unspecified atom stereocenters. The lowest BCUT2D eigenvalue weighted by Crippen LogP contribution is -2.64. The maximum atomic E-state index is 12.0. The first kappa shape index (κ1) is 18.2. The van der Waals surface area contributed by atoms with Crippen LogP contribution in [0.4, 0.5) is 0 Å². The molecule has 0 radical (unpaired) electrons. The van der Waals surface area contributed by atoms with Crippen molar-refractivity contribution in [2.24, 2.45) is 5.92 Å². The molecule has 2 aliphatic heterocycles. The largest absolute Gasteiger partial charge is 0.372 e. The zero-order valence-electron chi connectivity index (χ0n) is 16.0. The van der Waals surface area contributed by atoms with Gasteiger partial charge in [0.25, 0.3) is 5.91 Å². The number of aryl methyl sites for hydroxylation is 2. The van der Waals surface area contributed by atoms with Gasteiger partial charge in [0, 0.05) is 38.9 Å². The molecule has 2 aromatic rings. The van der Waals surface area contributed by atoms with E-state index in [1.54, 1.807) is 6.07 Å². The third-order valence-corrected chi connectivity index (χ3v) is 5.92. The molecular weight excluding hydrogens is 342 g/mol. The number of nitrogens with zero attached hydrogens (tertiary/aromatic N) is 2. The quantitative estimate of drug-likeness (QED) is 0.848. The number of rotatable bonds is 6. The van der Waals surface area contributed by atoms with E-state index in [0.717, 1.165) is 39.1 Å². The minimum atomic E-state index is -0.203. The molecule has 1 aromatic carbocycles. The van der Waals surface area contributed by atoms with Gasteiger partial charge >= 0.3 is 0 Å². The van der Waals surface area contributed by atoms with Gasteiger partial charge in [-0.15, -0.1) is 0 Å². The van der Waals surface area contributed by atoms with Crippen LogP contribution in [-0.4, -0.2) is 47.8 Å². The Bertz CT molecular complexity index is 797. The molecule has 1 atom stereocenters. The molecule has 27 heavy (non-hydrogen) atoms. The molecule has 1 amide bonds. The van der Waals surface area contributed by atoms with Crippen LogP contribution in [-0.2, 0) is 11.3 Å². The van der Waals surface area contributed by atoms with Crippen LogP contribution in [0, 0.1) is 19.8 Å². The first-order valence-corrected chi connectivity index (χ1v) is 9.67. The molecule has 144 valence electrons. The van der Waals surface area contributed by atoms with Crippen LogP contribution in [0.2, 0.25) is 0 Å². The van der Waals surface area contributed by atoms with Crippen LogP contribution < -0.4 is 5.32 Å². The molecule has 6 heteroatoms. The Kier molecular flexibility index (Phi) is 5.02. The molecule has 2 aliphatic rings. The zero-order chi connectivity index (χ0) is 18.9. The molecule has 0 aliphatic carbocycles. The number of ether oxygens (including phenoxy) is 1. The predicted molar refractivity (Wildman–Crippen MR) is 101 cm³/mol. The van der Waals surface area contributed by atoms with Gasteiger partial charge in [0.05, 0.1) is 11.8 Å². The second-order valence-corrected chi connectivity index (χ2v) is 7.90.